The van der Waals surface area contributed by atoms with Gasteiger partial charge < -0.3 is 24.4 Å². The fraction of sp³-hybridized carbons (Fsp3) is 0.714. The number of benzene rings is 1. The van der Waals surface area contributed by atoms with E-state index in [4.69, 9.17) is 14.2 Å². The quantitative estimate of drug-likeness (QED) is 0.842. The van der Waals surface area contributed by atoms with Crippen LogP contribution < -0.4 is 0 Å². The van der Waals surface area contributed by atoms with E-state index in [0.717, 1.165) is 24.8 Å². The molecule has 6 heteroatoms. The van der Waals surface area contributed by atoms with Crippen LogP contribution in [0, 0.1) is 23.6 Å². The zero-order chi connectivity index (χ0) is 19.2. The van der Waals surface area contributed by atoms with Crippen LogP contribution in [0.25, 0.3) is 0 Å². The molecular weight excluding hydrogens is 351 g/mol. The largest absolute Gasteiger partial charge is 0.384 e. The Morgan fingerprint density at radius 2 is 1.93 bits per heavy atom. The van der Waals surface area contributed by atoms with Crippen molar-refractivity contribution in [3.63, 3.8) is 0 Å². The molecule has 0 radical (unpaired) electrons. The normalized spacial score (nSPS) is 44.4. The Morgan fingerprint density at radius 3 is 2.67 bits per heavy atom. The SMILES string of the molecule is C[C@H]1C(OCc2ccc(F)cc2)O[C@@H]2OC(C)(O)CCC3CCCC1[C@]32O. The molecule has 1 aromatic carbocycles. The molecule has 0 spiro atoms. The second-order valence-corrected chi connectivity index (χ2v) is 8.59. The molecular formula is C21H29FO5. The van der Waals surface area contributed by atoms with E-state index in [1.54, 1.807) is 19.1 Å². The summed E-state index contributed by atoms with van der Waals surface area (Å²) in [5, 5.41) is 22.2. The number of halogens is 1. The fourth-order valence-corrected chi connectivity index (χ4v) is 5.12. The summed E-state index contributed by atoms with van der Waals surface area (Å²) in [6.07, 6.45) is 2.56. The van der Waals surface area contributed by atoms with Crippen LogP contribution in [0.5, 0.6) is 0 Å². The van der Waals surface area contributed by atoms with Crippen molar-refractivity contribution < 1.29 is 28.8 Å². The lowest BCUT2D eigenvalue weighted by atomic mass is 9.61. The minimum atomic E-state index is -1.33. The fourth-order valence-electron chi connectivity index (χ4n) is 5.12. The summed E-state index contributed by atoms with van der Waals surface area (Å²) in [5.74, 6) is -1.59. The van der Waals surface area contributed by atoms with Gasteiger partial charge in [-0.3, -0.25) is 0 Å². The van der Waals surface area contributed by atoms with Gasteiger partial charge in [0.05, 0.1) is 6.61 Å². The minimum Gasteiger partial charge on any atom is -0.384 e. The number of hydrogen-bond acceptors (Lipinski definition) is 5. The van der Waals surface area contributed by atoms with Crippen molar-refractivity contribution in [2.24, 2.45) is 17.8 Å². The molecule has 3 fully saturated rings. The lowest BCUT2D eigenvalue weighted by Crippen LogP contribution is -2.65. The first kappa shape index (κ1) is 19.3. The molecule has 4 rings (SSSR count). The van der Waals surface area contributed by atoms with Gasteiger partial charge in [0.25, 0.3) is 0 Å². The molecule has 150 valence electrons. The van der Waals surface area contributed by atoms with Crippen LogP contribution >= 0.6 is 0 Å². The molecule has 1 aliphatic carbocycles. The third kappa shape index (κ3) is 3.54. The summed E-state index contributed by atoms with van der Waals surface area (Å²) in [5.41, 5.74) is -0.253. The monoisotopic (exact) mass is 380 g/mol. The van der Waals surface area contributed by atoms with Crippen LogP contribution in [0.15, 0.2) is 24.3 Å². The molecule has 3 aliphatic rings. The van der Waals surface area contributed by atoms with Crippen molar-refractivity contribution in [3.8, 4) is 0 Å². The second-order valence-electron chi connectivity index (χ2n) is 8.59. The molecule has 0 aromatic heterocycles. The van der Waals surface area contributed by atoms with Crippen molar-refractivity contribution in [1.29, 1.82) is 0 Å². The molecule has 5 nitrogen and oxygen atoms in total. The second kappa shape index (κ2) is 7.08. The third-order valence-electron chi connectivity index (χ3n) is 6.66. The van der Waals surface area contributed by atoms with Crippen molar-refractivity contribution in [1.82, 2.24) is 0 Å². The van der Waals surface area contributed by atoms with Crippen LogP contribution in [0.4, 0.5) is 4.39 Å². The minimum absolute atomic E-state index is 0.0119. The molecule has 1 aromatic rings. The molecule has 0 amide bonds. The Bertz CT molecular complexity index is 663. The van der Waals surface area contributed by atoms with Gasteiger partial charge >= 0.3 is 0 Å². The lowest BCUT2D eigenvalue weighted by Gasteiger charge is -2.55. The van der Waals surface area contributed by atoms with Gasteiger partial charge in [-0.2, -0.15) is 0 Å². The van der Waals surface area contributed by atoms with E-state index in [2.05, 4.69) is 0 Å². The molecule has 2 N–H and O–H groups in total. The summed E-state index contributed by atoms with van der Waals surface area (Å²) in [6, 6.07) is 6.17. The summed E-state index contributed by atoms with van der Waals surface area (Å²) in [4.78, 5) is 0. The highest BCUT2D eigenvalue weighted by Gasteiger charge is 2.62. The molecule has 2 aliphatic heterocycles. The summed E-state index contributed by atoms with van der Waals surface area (Å²) in [6.45, 7) is 3.95. The van der Waals surface area contributed by atoms with Gasteiger partial charge in [-0.1, -0.05) is 25.5 Å². The number of rotatable bonds is 3. The smallest absolute Gasteiger partial charge is 0.193 e. The topological polar surface area (TPSA) is 68.2 Å². The van der Waals surface area contributed by atoms with Crippen LogP contribution in [0.2, 0.25) is 0 Å². The van der Waals surface area contributed by atoms with E-state index < -0.39 is 24.0 Å². The Morgan fingerprint density at radius 1 is 1.19 bits per heavy atom. The maximum atomic E-state index is 13.1. The van der Waals surface area contributed by atoms with E-state index >= 15 is 0 Å². The van der Waals surface area contributed by atoms with E-state index in [9.17, 15) is 14.6 Å². The Hall–Kier alpha value is -1.05. The molecule has 2 heterocycles. The van der Waals surface area contributed by atoms with Gasteiger partial charge in [0, 0.05) is 18.3 Å². The predicted molar refractivity (Wildman–Crippen MR) is 95.7 cm³/mol. The summed E-state index contributed by atoms with van der Waals surface area (Å²) in [7, 11) is 0. The molecule has 27 heavy (non-hydrogen) atoms. The van der Waals surface area contributed by atoms with E-state index in [1.807, 2.05) is 6.92 Å². The van der Waals surface area contributed by atoms with E-state index in [0.29, 0.717) is 12.8 Å². The van der Waals surface area contributed by atoms with E-state index in [-0.39, 0.29) is 30.2 Å². The number of hydrogen-bond donors (Lipinski definition) is 2. The maximum absolute atomic E-state index is 13.1. The Labute approximate surface area is 159 Å². The number of ether oxygens (including phenoxy) is 3. The van der Waals surface area contributed by atoms with Gasteiger partial charge in [0.2, 0.25) is 0 Å². The standard InChI is InChI=1S/C21H29FO5/c1-13-17-5-3-4-15-10-11-20(2,23)27-19(21(15,17)24)26-18(13)25-12-14-6-8-16(22)9-7-14/h6-9,13,15,17-19,23-24H,3-5,10-12H2,1-2H3/t13-,15?,17?,18?,19-,20?,21-/m1/s1. The summed E-state index contributed by atoms with van der Waals surface area (Å²) < 4.78 is 31.0. The van der Waals surface area contributed by atoms with E-state index in [1.165, 1.54) is 12.1 Å². The molecule has 7 atom stereocenters. The van der Waals surface area contributed by atoms with Crippen molar-refractivity contribution in [2.45, 2.75) is 76.5 Å². The third-order valence-corrected chi connectivity index (χ3v) is 6.66. The molecule has 2 saturated heterocycles. The first-order chi connectivity index (χ1) is 12.8. The van der Waals surface area contributed by atoms with Gasteiger partial charge in [0.1, 0.15) is 11.4 Å². The average Bonchev–Trinajstić information content (AvgIpc) is 2.72. The average molecular weight is 380 g/mol. The Kier molecular flexibility index (Phi) is 5.06. The van der Waals surface area contributed by atoms with Crippen molar-refractivity contribution in [3.05, 3.63) is 35.6 Å². The first-order valence-electron chi connectivity index (χ1n) is 9.94. The van der Waals surface area contributed by atoms with Crippen LogP contribution in [-0.4, -0.2) is 34.2 Å². The summed E-state index contributed by atoms with van der Waals surface area (Å²) >= 11 is 0. The highest BCUT2D eigenvalue weighted by Crippen LogP contribution is 2.54. The van der Waals surface area contributed by atoms with Crippen LogP contribution in [0.1, 0.15) is 51.5 Å². The first-order valence-corrected chi connectivity index (χ1v) is 9.94. The molecule has 1 saturated carbocycles. The van der Waals surface area contributed by atoms with Crippen LogP contribution in [-0.2, 0) is 20.8 Å². The highest BCUT2D eigenvalue weighted by atomic mass is 19.1. The van der Waals surface area contributed by atoms with Gasteiger partial charge in [0.15, 0.2) is 18.4 Å². The Balaban J connectivity index is 1.55. The highest BCUT2D eigenvalue weighted by molar-refractivity contribution is 5.15. The van der Waals surface area contributed by atoms with Crippen molar-refractivity contribution in [2.75, 3.05) is 0 Å². The predicted octanol–water partition coefficient (Wildman–Crippen LogP) is 3.33. The van der Waals surface area contributed by atoms with Crippen LogP contribution in [0.3, 0.4) is 0 Å². The van der Waals surface area contributed by atoms with Gasteiger partial charge in [-0.15, -0.1) is 0 Å². The zero-order valence-corrected chi connectivity index (χ0v) is 15.9. The molecule has 4 unspecified atom stereocenters. The van der Waals surface area contributed by atoms with Gasteiger partial charge in [-0.25, -0.2) is 4.39 Å². The maximum Gasteiger partial charge on any atom is 0.193 e. The molecule has 0 bridgehead atoms. The van der Waals surface area contributed by atoms with Gasteiger partial charge in [-0.05, 0) is 49.8 Å². The number of aliphatic hydroxyl groups is 2. The zero-order valence-electron chi connectivity index (χ0n) is 15.9. The van der Waals surface area contributed by atoms with Crippen molar-refractivity contribution >= 4 is 0 Å². The lowest BCUT2D eigenvalue weighted by molar-refractivity contribution is -0.407.